The summed E-state index contributed by atoms with van der Waals surface area (Å²) in [4.78, 5) is 4.58. The fraction of sp³-hybridized carbons (Fsp3) is 0.500. The van der Waals surface area contributed by atoms with Gasteiger partial charge in [-0.1, -0.05) is 18.2 Å². The Hall–Kier alpha value is -1.81. The van der Waals surface area contributed by atoms with Crippen molar-refractivity contribution in [3.8, 4) is 5.75 Å². The molecule has 3 rings (SSSR count). The van der Waals surface area contributed by atoms with Crippen molar-refractivity contribution in [1.82, 2.24) is 9.55 Å². The zero-order chi connectivity index (χ0) is 15.4. The number of nitrogens with zero attached hydrogens (tertiary/aromatic N) is 2. The Labute approximate surface area is 132 Å². The van der Waals surface area contributed by atoms with Gasteiger partial charge in [-0.25, -0.2) is 4.98 Å². The van der Waals surface area contributed by atoms with Crippen molar-refractivity contribution in [2.75, 3.05) is 13.2 Å². The van der Waals surface area contributed by atoms with Crippen LogP contribution in [-0.2, 0) is 11.3 Å². The monoisotopic (exact) mass is 300 g/mol. The quantitative estimate of drug-likeness (QED) is 0.846. The minimum absolute atomic E-state index is 0.0553. The molecule has 0 radical (unpaired) electrons. The van der Waals surface area contributed by atoms with Crippen LogP contribution in [-0.4, -0.2) is 28.4 Å². The summed E-state index contributed by atoms with van der Waals surface area (Å²) in [5.74, 6) is 2.54. The van der Waals surface area contributed by atoms with Gasteiger partial charge in [-0.05, 0) is 38.8 Å². The van der Waals surface area contributed by atoms with Gasteiger partial charge in [0.05, 0.1) is 12.1 Å². The maximum atomic E-state index is 5.81. The summed E-state index contributed by atoms with van der Waals surface area (Å²) in [5, 5.41) is 0. The molecule has 1 saturated heterocycles. The fourth-order valence-electron chi connectivity index (χ4n) is 3.10. The molecule has 0 aliphatic carbocycles. The molecule has 0 N–H and O–H groups in total. The lowest BCUT2D eigenvalue weighted by Crippen LogP contribution is -2.34. The van der Waals surface area contributed by atoms with Gasteiger partial charge in [0.15, 0.2) is 0 Å². The number of benzene rings is 1. The normalized spacial score (nSPS) is 20.7. The molecule has 118 valence electrons. The molecule has 1 fully saturated rings. The van der Waals surface area contributed by atoms with E-state index < -0.39 is 0 Å². The predicted octanol–water partition coefficient (Wildman–Crippen LogP) is 3.63. The highest BCUT2D eigenvalue weighted by molar-refractivity contribution is 5.20. The Kier molecular flexibility index (Phi) is 4.48. The van der Waals surface area contributed by atoms with Crippen LogP contribution in [0.3, 0.4) is 0 Å². The van der Waals surface area contributed by atoms with Crippen LogP contribution in [0, 0.1) is 0 Å². The van der Waals surface area contributed by atoms with E-state index in [9.17, 15) is 0 Å². The molecule has 0 spiro atoms. The van der Waals surface area contributed by atoms with Crippen molar-refractivity contribution in [2.45, 2.75) is 44.8 Å². The van der Waals surface area contributed by atoms with Crippen molar-refractivity contribution in [2.24, 2.45) is 0 Å². The van der Waals surface area contributed by atoms with E-state index in [2.05, 4.69) is 23.4 Å². The predicted molar refractivity (Wildman–Crippen MR) is 86.2 cm³/mol. The van der Waals surface area contributed by atoms with Gasteiger partial charge in [0.1, 0.15) is 18.2 Å². The van der Waals surface area contributed by atoms with E-state index in [4.69, 9.17) is 9.47 Å². The second-order valence-corrected chi connectivity index (χ2v) is 6.44. The molecule has 4 nitrogen and oxygen atoms in total. The molecule has 1 atom stereocenters. The topological polar surface area (TPSA) is 36.3 Å². The molecular formula is C18H24N2O2. The van der Waals surface area contributed by atoms with E-state index in [0.717, 1.165) is 37.6 Å². The van der Waals surface area contributed by atoms with Crippen LogP contribution in [0.5, 0.6) is 5.75 Å². The molecule has 0 amide bonds. The molecule has 4 heteroatoms. The fourth-order valence-corrected chi connectivity index (χ4v) is 3.10. The van der Waals surface area contributed by atoms with Crippen molar-refractivity contribution < 1.29 is 9.47 Å². The van der Waals surface area contributed by atoms with Crippen LogP contribution >= 0.6 is 0 Å². The van der Waals surface area contributed by atoms with E-state index in [1.807, 2.05) is 42.7 Å². The van der Waals surface area contributed by atoms with Gasteiger partial charge >= 0.3 is 0 Å². The molecule has 1 aliphatic rings. The second-order valence-electron chi connectivity index (χ2n) is 6.44. The number of rotatable bonds is 5. The van der Waals surface area contributed by atoms with Crippen LogP contribution in [0.1, 0.15) is 38.4 Å². The number of hydrogen-bond donors (Lipinski definition) is 0. The Balaban J connectivity index is 1.60. The second kappa shape index (κ2) is 6.53. The van der Waals surface area contributed by atoms with Gasteiger partial charge in [-0.15, -0.1) is 0 Å². The minimum atomic E-state index is -0.0553. The number of aromatic nitrogens is 2. The van der Waals surface area contributed by atoms with Crippen LogP contribution in [0.15, 0.2) is 42.7 Å². The SMILES string of the molecule is CC1(C)C[C@@H](c2nccn2CCOc2ccccc2)CCO1. The molecule has 0 bridgehead atoms. The first-order valence-electron chi connectivity index (χ1n) is 7.97. The maximum absolute atomic E-state index is 5.81. The van der Waals surface area contributed by atoms with Crippen molar-refractivity contribution in [3.63, 3.8) is 0 Å². The van der Waals surface area contributed by atoms with Gasteiger partial charge in [0, 0.05) is 24.9 Å². The zero-order valence-electron chi connectivity index (χ0n) is 13.4. The summed E-state index contributed by atoms with van der Waals surface area (Å²) < 4.78 is 13.8. The van der Waals surface area contributed by atoms with E-state index in [0.29, 0.717) is 12.5 Å². The van der Waals surface area contributed by atoms with Crippen LogP contribution in [0.2, 0.25) is 0 Å². The lowest BCUT2D eigenvalue weighted by molar-refractivity contribution is -0.0607. The molecule has 1 aromatic carbocycles. The lowest BCUT2D eigenvalue weighted by Gasteiger charge is -2.35. The van der Waals surface area contributed by atoms with Crippen molar-refractivity contribution in [1.29, 1.82) is 0 Å². The third kappa shape index (κ3) is 3.69. The molecular weight excluding hydrogens is 276 g/mol. The largest absolute Gasteiger partial charge is 0.492 e. The van der Waals surface area contributed by atoms with Crippen LogP contribution in [0.25, 0.3) is 0 Å². The first-order chi connectivity index (χ1) is 10.6. The first-order valence-corrected chi connectivity index (χ1v) is 7.97. The molecule has 2 aromatic rings. The average Bonchev–Trinajstić information content (AvgIpc) is 2.96. The molecule has 2 heterocycles. The highest BCUT2D eigenvalue weighted by Gasteiger charge is 2.31. The number of para-hydroxylation sites is 1. The molecule has 1 aromatic heterocycles. The number of ether oxygens (including phenoxy) is 2. The lowest BCUT2D eigenvalue weighted by atomic mass is 9.88. The van der Waals surface area contributed by atoms with Gasteiger partial charge in [-0.2, -0.15) is 0 Å². The standard InChI is InChI=1S/C18H24N2O2/c1-18(2)14-15(8-12-22-18)17-19-9-10-20(17)11-13-21-16-6-4-3-5-7-16/h3-7,9-10,15H,8,11-14H2,1-2H3/t15-/m0/s1. The molecule has 1 aliphatic heterocycles. The van der Waals surface area contributed by atoms with E-state index in [1.54, 1.807) is 0 Å². The summed E-state index contributed by atoms with van der Waals surface area (Å²) >= 11 is 0. The van der Waals surface area contributed by atoms with Crippen LogP contribution < -0.4 is 4.74 Å². The van der Waals surface area contributed by atoms with E-state index in [1.165, 1.54) is 0 Å². The van der Waals surface area contributed by atoms with Crippen molar-refractivity contribution in [3.05, 3.63) is 48.5 Å². The molecule has 0 unspecified atom stereocenters. The van der Waals surface area contributed by atoms with Gasteiger partial charge < -0.3 is 14.0 Å². The Bertz CT molecular complexity index is 592. The van der Waals surface area contributed by atoms with E-state index in [-0.39, 0.29) is 5.60 Å². The highest BCUT2D eigenvalue weighted by Crippen LogP contribution is 2.34. The summed E-state index contributed by atoms with van der Waals surface area (Å²) in [6.07, 6.45) is 6.00. The Morgan fingerprint density at radius 1 is 1.32 bits per heavy atom. The van der Waals surface area contributed by atoms with E-state index >= 15 is 0 Å². The van der Waals surface area contributed by atoms with Crippen LogP contribution in [0.4, 0.5) is 0 Å². The Morgan fingerprint density at radius 2 is 2.14 bits per heavy atom. The minimum Gasteiger partial charge on any atom is -0.492 e. The molecule has 22 heavy (non-hydrogen) atoms. The Morgan fingerprint density at radius 3 is 2.91 bits per heavy atom. The summed E-state index contributed by atoms with van der Waals surface area (Å²) in [6, 6.07) is 9.93. The third-order valence-electron chi connectivity index (χ3n) is 4.15. The summed E-state index contributed by atoms with van der Waals surface area (Å²) in [7, 11) is 0. The smallest absolute Gasteiger partial charge is 0.119 e. The zero-order valence-corrected chi connectivity index (χ0v) is 13.4. The van der Waals surface area contributed by atoms with Crippen molar-refractivity contribution >= 4 is 0 Å². The van der Waals surface area contributed by atoms with Gasteiger partial charge in [0.2, 0.25) is 0 Å². The molecule has 0 saturated carbocycles. The first kappa shape index (κ1) is 15.1. The average molecular weight is 300 g/mol. The summed E-state index contributed by atoms with van der Waals surface area (Å²) in [5.41, 5.74) is -0.0553. The number of imidazole rings is 1. The summed E-state index contributed by atoms with van der Waals surface area (Å²) in [6.45, 7) is 6.60. The maximum Gasteiger partial charge on any atom is 0.119 e. The van der Waals surface area contributed by atoms with Gasteiger partial charge in [-0.3, -0.25) is 0 Å². The van der Waals surface area contributed by atoms with Gasteiger partial charge in [0.25, 0.3) is 0 Å². The number of hydrogen-bond acceptors (Lipinski definition) is 3. The highest BCUT2D eigenvalue weighted by atomic mass is 16.5. The third-order valence-corrected chi connectivity index (χ3v) is 4.15.